The molecule has 0 aliphatic heterocycles. The van der Waals surface area contributed by atoms with Crippen LogP contribution in [0.5, 0.6) is 0 Å². The van der Waals surface area contributed by atoms with Gasteiger partial charge in [0.15, 0.2) is 6.10 Å². The predicted octanol–water partition coefficient (Wildman–Crippen LogP) is 1.53. The minimum Gasteiger partial charge on any atom is -0.415 e. The summed E-state index contributed by atoms with van der Waals surface area (Å²) in [7, 11) is 0. The first kappa shape index (κ1) is 6.63. The SMILES string of the molecule is C=C1C=CC=CC1OC#N. The fourth-order valence-corrected chi connectivity index (χ4v) is 0.734. The third kappa shape index (κ3) is 1.26. The summed E-state index contributed by atoms with van der Waals surface area (Å²) in [6.45, 7) is 3.70. The number of nitriles is 1. The zero-order valence-electron chi connectivity index (χ0n) is 5.45. The van der Waals surface area contributed by atoms with Crippen molar-refractivity contribution in [1.82, 2.24) is 0 Å². The molecular weight excluding hydrogens is 126 g/mol. The molecule has 0 N–H and O–H groups in total. The minimum atomic E-state index is -0.255. The Morgan fingerprint density at radius 2 is 2.40 bits per heavy atom. The van der Waals surface area contributed by atoms with Gasteiger partial charge in [0.2, 0.25) is 0 Å². The van der Waals surface area contributed by atoms with E-state index in [1.807, 2.05) is 18.2 Å². The lowest BCUT2D eigenvalue weighted by Gasteiger charge is -2.10. The highest BCUT2D eigenvalue weighted by Crippen LogP contribution is 2.11. The quantitative estimate of drug-likeness (QED) is 0.508. The van der Waals surface area contributed by atoms with E-state index in [0.717, 1.165) is 5.57 Å². The van der Waals surface area contributed by atoms with Crippen LogP contribution in [-0.4, -0.2) is 6.10 Å². The van der Waals surface area contributed by atoms with E-state index in [-0.39, 0.29) is 6.10 Å². The highest BCUT2D eigenvalue weighted by molar-refractivity contribution is 5.32. The number of ether oxygens (including phenoxy) is 1. The van der Waals surface area contributed by atoms with Gasteiger partial charge in [-0.05, 0) is 11.6 Å². The first-order valence-corrected chi connectivity index (χ1v) is 2.93. The van der Waals surface area contributed by atoms with Crippen molar-refractivity contribution >= 4 is 0 Å². The largest absolute Gasteiger partial charge is 0.415 e. The number of hydrogen-bond donors (Lipinski definition) is 0. The molecule has 2 heteroatoms. The van der Waals surface area contributed by atoms with E-state index in [0.29, 0.717) is 0 Å². The number of rotatable bonds is 1. The molecule has 0 radical (unpaired) electrons. The van der Waals surface area contributed by atoms with Crippen LogP contribution >= 0.6 is 0 Å². The summed E-state index contributed by atoms with van der Waals surface area (Å²) in [5, 5.41) is 8.16. The topological polar surface area (TPSA) is 33.0 Å². The maximum atomic E-state index is 8.16. The maximum Gasteiger partial charge on any atom is 0.287 e. The molecule has 1 aliphatic carbocycles. The molecule has 0 saturated carbocycles. The molecule has 0 heterocycles. The Balaban J connectivity index is 2.63. The Labute approximate surface area is 59.7 Å². The Morgan fingerprint density at radius 3 is 3.00 bits per heavy atom. The smallest absolute Gasteiger partial charge is 0.287 e. The molecule has 0 saturated heterocycles. The Morgan fingerprint density at radius 1 is 1.60 bits per heavy atom. The molecule has 0 amide bonds. The fourth-order valence-electron chi connectivity index (χ4n) is 0.734. The van der Waals surface area contributed by atoms with Gasteiger partial charge in [-0.25, -0.2) is 0 Å². The van der Waals surface area contributed by atoms with Crippen molar-refractivity contribution in [3.63, 3.8) is 0 Å². The van der Waals surface area contributed by atoms with Gasteiger partial charge in [0.25, 0.3) is 6.26 Å². The van der Waals surface area contributed by atoms with Crippen LogP contribution < -0.4 is 0 Å². The van der Waals surface area contributed by atoms with Crippen molar-refractivity contribution in [3.05, 3.63) is 36.5 Å². The van der Waals surface area contributed by atoms with Gasteiger partial charge >= 0.3 is 0 Å². The second kappa shape index (κ2) is 2.88. The average molecular weight is 133 g/mol. The lowest BCUT2D eigenvalue weighted by Crippen LogP contribution is -2.09. The molecule has 1 atom stereocenters. The molecule has 1 unspecified atom stereocenters. The van der Waals surface area contributed by atoms with Gasteiger partial charge < -0.3 is 4.74 Å². The van der Waals surface area contributed by atoms with Crippen LogP contribution in [0, 0.1) is 11.5 Å². The fraction of sp³-hybridized carbons (Fsp3) is 0.125. The summed E-state index contributed by atoms with van der Waals surface area (Å²) in [4.78, 5) is 0. The maximum absolute atomic E-state index is 8.16. The van der Waals surface area contributed by atoms with Crippen LogP contribution in [0.3, 0.4) is 0 Å². The molecule has 1 aliphatic rings. The molecule has 0 aromatic carbocycles. The third-order valence-corrected chi connectivity index (χ3v) is 1.25. The molecule has 50 valence electrons. The van der Waals surface area contributed by atoms with Gasteiger partial charge in [-0.3, -0.25) is 0 Å². The van der Waals surface area contributed by atoms with E-state index < -0.39 is 0 Å². The summed E-state index contributed by atoms with van der Waals surface area (Å²) in [5.74, 6) is 0. The summed E-state index contributed by atoms with van der Waals surface area (Å²) in [5.41, 5.74) is 0.809. The lowest BCUT2D eigenvalue weighted by molar-refractivity contribution is 0.240. The van der Waals surface area contributed by atoms with Crippen molar-refractivity contribution < 1.29 is 4.74 Å². The molecule has 0 fully saturated rings. The van der Waals surface area contributed by atoms with Gasteiger partial charge in [0.1, 0.15) is 0 Å². The van der Waals surface area contributed by atoms with E-state index in [1.165, 1.54) is 0 Å². The van der Waals surface area contributed by atoms with Crippen LogP contribution in [0.15, 0.2) is 36.5 Å². The first-order chi connectivity index (χ1) is 4.84. The van der Waals surface area contributed by atoms with E-state index in [4.69, 9.17) is 5.26 Å². The van der Waals surface area contributed by atoms with E-state index in [9.17, 15) is 0 Å². The van der Waals surface area contributed by atoms with E-state index in [2.05, 4.69) is 11.3 Å². The average Bonchev–Trinajstić information content (AvgIpc) is 1.94. The third-order valence-electron chi connectivity index (χ3n) is 1.25. The predicted molar refractivity (Wildman–Crippen MR) is 37.9 cm³/mol. The highest BCUT2D eigenvalue weighted by atomic mass is 16.5. The van der Waals surface area contributed by atoms with E-state index in [1.54, 1.807) is 12.3 Å². The van der Waals surface area contributed by atoms with Crippen molar-refractivity contribution in [2.45, 2.75) is 6.10 Å². The van der Waals surface area contributed by atoms with Gasteiger partial charge in [0.05, 0.1) is 0 Å². The first-order valence-electron chi connectivity index (χ1n) is 2.93. The van der Waals surface area contributed by atoms with Crippen LogP contribution in [0.1, 0.15) is 0 Å². The summed E-state index contributed by atoms with van der Waals surface area (Å²) < 4.78 is 4.66. The van der Waals surface area contributed by atoms with Crippen molar-refractivity contribution in [2.75, 3.05) is 0 Å². The molecule has 2 nitrogen and oxygen atoms in total. The Bertz CT molecular complexity index is 232. The molecule has 0 aromatic rings. The molecule has 10 heavy (non-hydrogen) atoms. The molecule has 0 spiro atoms. The molecule has 0 aromatic heterocycles. The molecular formula is C8H7NO. The molecule has 1 rings (SSSR count). The van der Waals surface area contributed by atoms with Crippen LogP contribution in [0.25, 0.3) is 0 Å². The second-order valence-corrected chi connectivity index (χ2v) is 1.95. The second-order valence-electron chi connectivity index (χ2n) is 1.95. The van der Waals surface area contributed by atoms with Gasteiger partial charge in [0, 0.05) is 0 Å². The summed E-state index contributed by atoms with van der Waals surface area (Å²) in [6.07, 6.45) is 8.66. The zero-order valence-corrected chi connectivity index (χ0v) is 5.45. The van der Waals surface area contributed by atoms with Crippen LogP contribution in [-0.2, 0) is 4.74 Å². The molecule has 0 bridgehead atoms. The normalized spacial score (nSPS) is 22.3. The number of allylic oxidation sites excluding steroid dienone is 2. The highest BCUT2D eigenvalue weighted by Gasteiger charge is 2.08. The Hall–Kier alpha value is -1.49. The van der Waals surface area contributed by atoms with Crippen molar-refractivity contribution in [1.29, 1.82) is 5.26 Å². The van der Waals surface area contributed by atoms with Gasteiger partial charge in [-0.2, -0.15) is 5.26 Å². The summed E-state index contributed by atoms with van der Waals surface area (Å²) in [6, 6.07) is 0. The van der Waals surface area contributed by atoms with Crippen molar-refractivity contribution in [2.24, 2.45) is 0 Å². The monoisotopic (exact) mass is 133 g/mol. The van der Waals surface area contributed by atoms with Crippen LogP contribution in [0.4, 0.5) is 0 Å². The van der Waals surface area contributed by atoms with E-state index >= 15 is 0 Å². The van der Waals surface area contributed by atoms with Crippen molar-refractivity contribution in [3.8, 4) is 6.26 Å². The van der Waals surface area contributed by atoms with Gasteiger partial charge in [-0.1, -0.05) is 24.8 Å². The summed E-state index contributed by atoms with van der Waals surface area (Å²) >= 11 is 0. The zero-order chi connectivity index (χ0) is 7.40. The lowest BCUT2D eigenvalue weighted by atomic mass is 10.1. The van der Waals surface area contributed by atoms with Crippen LogP contribution in [0.2, 0.25) is 0 Å². The number of hydrogen-bond acceptors (Lipinski definition) is 2. The standard InChI is InChI=1S/C8H7NO/c1-7-4-2-3-5-8(7)10-6-9/h2-5,8H,1H2. The Kier molecular flexibility index (Phi) is 1.91. The minimum absolute atomic E-state index is 0.255. The van der Waals surface area contributed by atoms with Gasteiger partial charge in [-0.15, -0.1) is 0 Å². The number of nitrogens with zero attached hydrogens (tertiary/aromatic N) is 1.